The number of esters is 1. The number of nitrogens with zero attached hydrogens (tertiary/aromatic N) is 1. The van der Waals surface area contributed by atoms with Crippen molar-refractivity contribution in [2.45, 2.75) is 11.8 Å². The predicted molar refractivity (Wildman–Crippen MR) is 71.1 cm³/mol. The van der Waals surface area contributed by atoms with E-state index in [4.69, 9.17) is 4.74 Å². The lowest BCUT2D eigenvalue weighted by Gasteiger charge is -2.08. The Labute approximate surface area is 109 Å². The van der Waals surface area contributed by atoms with Crippen LogP contribution in [0.25, 0.3) is 10.9 Å². The van der Waals surface area contributed by atoms with E-state index in [1.165, 1.54) is 6.20 Å². The van der Waals surface area contributed by atoms with Crippen LogP contribution in [0.15, 0.2) is 29.3 Å². The van der Waals surface area contributed by atoms with Gasteiger partial charge in [-0.05, 0) is 25.3 Å². The molecule has 0 bridgehead atoms. The number of rotatable bonds is 3. The highest BCUT2D eigenvalue weighted by atomic mass is 32.2. The van der Waals surface area contributed by atoms with E-state index in [-0.39, 0.29) is 17.9 Å². The molecule has 1 aromatic carbocycles. The first-order valence-corrected chi connectivity index (χ1v) is 6.73. The second-order valence-corrected chi connectivity index (χ2v) is 4.45. The Balaban J connectivity index is 2.61. The van der Waals surface area contributed by atoms with Crippen LogP contribution in [0.5, 0.6) is 5.75 Å². The Morgan fingerprint density at radius 3 is 2.94 bits per heavy atom. The van der Waals surface area contributed by atoms with Crippen molar-refractivity contribution in [3.63, 3.8) is 0 Å². The van der Waals surface area contributed by atoms with Crippen LogP contribution in [-0.2, 0) is 4.74 Å². The molecule has 0 atom stereocenters. The monoisotopic (exact) mass is 263 g/mol. The van der Waals surface area contributed by atoms with Gasteiger partial charge in [0.05, 0.1) is 12.1 Å². The van der Waals surface area contributed by atoms with E-state index in [1.807, 2.05) is 18.4 Å². The molecule has 18 heavy (non-hydrogen) atoms. The minimum atomic E-state index is -0.557. The highest BCUT2D eigenvalue weighted by Gasteiger charge is 2.16. The van der Waals surface area contributed by atoms with Crippen LogP contribution in [-0.4, -0.2) is 28.9 Å². The highest BCUT2D eigenvalue weighted by molar-refractivity contribution is 7.98. The Morgan fingerprint density at radius 1 is 1.50 bits per heavy atom. The van der Waals surface area contributed by atoms with E-state index in [0.29, 0.717) is 10.9 Å². The van der Waals surface area contributed by atoms with E-state index >= 15 is 0 Å². The maximum Gasteiger partial charge on any atom is 0.343 e. The predicted octanol–water partition coefficient (Wildman–Crippen LogP) is 2.84. The summed E-state index contributed by atoms with van der Waals surface area (Å²) in [7, 11) is 0. The van der Waals surface area contributed by atoms with Crippen LogP contribution >= 0.6 is 11.8 Å². The van der Waals surface area contributed by atoms with Crippen molar-refractivity contribution in [3.05, 3.63) is 30.0 Å². The molecule has 0 amide bonds. The zero-order valence-electron chi connectivity index (χ0n) is 10.1. The molecule has 94 valence electrons. The van der Waals surface area contributed by atoms with Crippen LogP contribution in [0.4, 0.5) is 0 Å². The number of thioether (sulfide) groups is 1. The van der Waals surface area contributed by atoms with Gasteiger partial charge in [-0.15, -0.1) is 11.8 Å². The Hall–Kier alpha value is -1.75. The summed E-state index contributed by atoms with van der Waals surface area (Å²) in [6, 6.07) is 5.48. The van der Waals surface area contributed by atoms with Crippen molar-refractivity contribution in [1.82, 2.24) is 4.98 Å². The smallest absolute Gasteiger partial charge is 0.343 e. The molecule has 0 saturated heterocycles. The summed E-state index contributed by atoms with van der Waals surface area (Å²) in [5, 5.41) is 10.7. The normalized spacial score (nSPS) is 10.6. The molecular formula is C13H13NO3S. The van der Waals surface area contributed by atoms with Gasteiger partial charge in [-0.2, -0.15) is 0 Å². The topological polar surface area (TPSA) is 59.4 Å². The van der Waals surface area contributed by atoms with Crippen LogP contribution in [0, 0.1) is 0 Å². The van der Waals surface area contributed by atoms with Crippen LogP contribution in [0.1, 0.15) is 17.3 Å². The van der Waals surface area contributed by atoms with E-state index in [9.17, 15) is 9.90 Å². The molecule has 1 heterocycles. The Morgan fingerprint density at radius 2 is 2.28 bits per heavy atom. The molecule has 0 aliphatic carbocycles. The van der Waals surface area contributed by atoms with Crippen LogP contribution in [0.2, 0.25) is 0 Å². The Kier molecular flexibility index (Phi) is 3.72. The molecular weight excluding hydrogens is 250 g/mol. The third-order valence-electron chi connectivity index (χ3n) is 2.55. The number of carbonyl (C=O) groups is 1. The van der Waals surface area contributed by atoms with E-state index in [2.05, 4.69) is 4.98 Å². The quantitative estimate of drug-likeness (QED) is 0.681. The fraction of sp³-hybridized carbons (Fsp3) is 0.231. The van der Waals surface area contributed by atoms with Crippen molar-refractivity contribution < 1.29 is 14.6 Å². The van der Waals surface area contributed by atoms with Crippen molar-refractivity contribution in [2.75, 3.05) is 12.9 Å². The maximum atomic E-state index is 11.6. The first-order chi connectivity index (χ1) is 8.69. The number of hydrogen-bond acceptors (Lipinski definition) is 5. The number of para-hydroxylation sites is 1. The van der Waals surface area contributed by atoms with Gasteiger partial charge in [0.2, 0.25) is 0 Å². The van der Waals surface area contributed by atoms with Gasteiger partial charge in [-0.25, -0.2) is 4.79 Å². The van der Waals surface area contributed by atoms with Crippen molar-refractivity contribution in [2.24, 2.45) is 0 Å². The summed E-state index contributed by atoms with van der Waals surface area (Å²) < 4.78 is 4.87. The third kappa shape index (κ3) is 2.13. The fourth-order valence-corrected chi connectivity index (χ4v) is 2.28. The molecule has 0 aliphatic rings. The number of benzene rings is 1. The number of fused-ring (bicyclic) bond motifs is 1. The molecule has 2 rings (SSSR count). The molecule has 0 saturated carbocycles. The lowest BCUT2D eigenvalue weighted by atomic mass is 10.1. The molecule has 0 aliphatic heterocycles. The molecule has 0 spiro atoms. The van der Waals surface area contributed by atoms with Crippen LogP contribution in [0.3, 0.4) is 0 Å². The summed E-state index contributed by atoms with van der Waals surface area (Å²) in [5.41, 5.74) is 0.790. The minimum absolute atomic E-state index is 0.0747. The minimum Gasteiger partial charge on any atom is -0.506 e. The Bertz CT molecular complexity index is 598. The van der Waals surface area contributed by atoms with Gasteiger partial charge in [-0.1, -0.05) is 6.07 Å². The average molecular weight is 263 g/mol. The number of hydrogen-bond donors (Lipinski definition) is 1. The number of aromatic hydroxyl groups is 1. The highest BCUT2D eigenvalue weighted by Crippen LogP contribution is 2.32. The van der Waals surface area contributed by atoms with Crippen molar-refractivity contribution in [3.8, 4) is 5.75 Å². The second-order valence-electron chi connectivity index (χ2n) is 3.60. The number of pyridine rings is 1. The second kappa shape index (κ2) is 5.27. The maximum absolute atomic E-state index is 11.6. The van der Waals surface area contributed by atoms with E-state index < -0.39 is 5.97 Å². The molecule has 0 radical (unpaired) electrons. The van der Waals surface area contributed by atoms with Gasteiger partial charge in [0.1, 0.15) is 11.3 Å². The molecule has 2 aromatic rings. The zero-order valence-corrected chi connectivity index (χ0v) is 11.0. The lowest BCUT2D eigenvalue weighted by molar-refractivity contribution is 0.0523. The van der Waals surface area contributed by atoms with Crippen molar-refractivity contribution in [1.29, 1.82) is 0 Å². The van der Waals surface area contributed by atoms with E-state index in [0.717, 1.165) is 4.90 Å². The van der Waals surface area contributed by atoms with Gasteiger partial charge in [0.25, 0.3) is 0 Å². The van der Waals surface area contributed by atoms with Gasteiger partial charge in [-0.3, -0.25) is 4.98 Å². The standard InChI is InChI=1S/C13H13NO3S/c1-3-17-13(16)9-7-14-11-8(12(9)15)5-4-6-10(11)18-2/h4-7H,3H2,1-2H3,(H,14,15). The fourth-order valence-electron chi connectivity index (χ4n) is 1.70. The molecule has 0 unspecified atom stereocenters. The number of aromatic nitrogens is 1. The van der Waals surface area contributed by atoms with E-state index in [1.54, 1.807) is 24.8 Å². The lowest BCUT2D eigenvalue weighted by Crippen LogP contribution is -2.05. The molecule has 1 aromatic heterocycles. The summed E-state index contributed by atoms with van der Waals surface area (Å²) in [5.74, 6) is -0.631. The molecule has 1 N–H and O–H groups in total. The largest absolute Gasteiger partial charge is 0.506 e. The SMILES string of the molecule is CCOC(=O)c1cnc2c(SC)cccc2c1O. The first kappa shape index (κ1) is 12.7. The van der Waals surface area contributed by atoms with Gasteiger partial charge in [0.15, 0.2) is 0 Å². The average Bonchev–Trinajstić information content (AvgIpc) is 2.39. The first-order valence-electron chi connectivity index (χ1n) is 5.50. The van der Waals surface area contributed by atoms with Gasteiger partial charge >= 0.3 is 5.97 Å². The van der Waals surface area contributed by atoms with Gasteiger partial charge in [0, 0.05) is 16.5 Å². The van der Waals surface area contributed by atoms with Gasteiger partial charge < -0.3 is 9.84 Å². The number of carbonyl (C=O) groups excluding carboxylic acids is 1. The summed E-state index contributed by atoms with van der Waals surface area (Å²) in [4.78, 5) is 16.8. The summed E-state index contributed by atoms with van der Waals surface area (Å²) >= 11 is 1.54. The summed E-state index contributed by atoms with van der Waals surface area (Å²) in [6.45, 7) is 1.98. The number of ether oxygens (including phenoxy) is 1. The molecule has 0 fully saturated rings. The van der Waals surface area contributed by atoms with Crippen molar-refractivity contribution >= 4 is 28.6 Å². The summed E-state index contributed by atoms with van der Waals surface area (Å²) in [6.07, 6.45) is 3.29. The zero-order chi connectivity index (χ0) is 13.1. The third-order valence-corrected chi connectivity index (χ3v) is 3.32. The molecule has 4 nitrogen and oxygen atoms in total. The van der Waals surface area contributed by atoms with Crippen LogP contribution < -0.4 is 0 Å². The molecule has 5 heteroatoms.